The smallest absolute Gasteiger partial charge is 0.163 e. The van der Waals surface area contributed by atoms with Crippen LogP contribution in [0.1, 0.15) is 13.8 Å². The van der Waals surface area contributed by atoms with Crippen molar-refractivity contribution in [1.29, 1.82) is 0 Å². The molecule has 0 spiro atoms. The van der Waals surface area contributed by atoms with Gasteiger partial charge in [-0.15, -0.1) is 0 Å². The number of nitrogens with one attached hydrogen (secondary N) is 1. The molecule has 5 heteroatoms. The molecule has 2 unspecified atom stereocenters. The fourth-order valence-corrected chi connectivity index (χ4v) is 5.99. The molecule has 26 heavy (non-hydrogen) atoms. The van der Waals surface area contributed by atoms with Crippen LogP contribution in [0.15, 0.2) is 81.6 Å². The summed E-state index contributed by atoms with van der Waals surface area (Å²) in [6.45, 7) is 6.59. The maximum Gasteiger partial charge on any atom is 0.163 e. The summed E-state index contributed by atoms with van der Waals surface area (Å²) in [5.74, 6) is 0. The molecule has 2 aliphatic rings. The molecule has 0 saturated heterocycles. The SMILES string of the molecule is CCN1C(=CC=CC2Sc3ccccc3[NH+]2CC)Sc2ccccc21.[I-]. The van der Waals surface area contributed by atoms with E-state index in [-0.39, 0.29) is 24.0 Å². The van der Waals surface area contributed by atoms with Crippen LogP contribution >= 0.6 is 23.5 Å². The van der Waals surface area contributed by atoms with Crippen molar-refractivity contribution < 1.29 is 28.9 Å². The predicted molar refractivity (Wildman–Crippen MR) is 110 cm³/mol. The van der Waals surface area contributed by atoms with Gasteiger partial charge in [-0.3, -0.25) is 4.90 Å². The van der Waals surface area contributed by atoms with Crippen molar-refractivity contribution in [3.05, 3.63) is 71.8 Å². The highest BCUT2D eigenvalue weighted by atomic mass is 127. The van der Waals surface area contributed by atoms with E-state index >= 15 is 0 Å². The standard InChI is InChI=1S/C21H22N2S2.HI/c1-3-22-16-10-5-7-12-18(16)24-20(22)14-9-15-21-23(4-2)17-11-6-8-13-19(17)25-21;/h5-15,20H,3-4H2,1-2H3;1H. The van der Waals surface area contributed by atoms with Crippen LogP contribution in [0.25, 0.3) is 0 Å². The van der Waals surface area contributed by atoms with Crippen molar-refractivity contribution in [3.8, 4) is 0 Å². The summed E-state index contributed by atoms with van der Waals surface area (Å²) in [7, 11) is 0. The molecule has 2 aliphatic heterocycles. The summed E-state index contributed by atoms with van der Waals surface area (Å²) in [4.78, 5) is 6.71. The lowest BCUT2D eigenvalue weighted by Gasteiger charge is -2.18. The molecule has 1 N–H and O–H groups in total. The van der Waals surface area contributed by atoms with Gasteiger partial charge >= 0.3 is 0 Å². The third kappa shape index (κ3) is 3.72. The minimum absolute atomic E-state index is 0. The van der Waals surface area contributed by atoms with E-state index < -0.39 is 0 Å². The number of likely N-dealkylation sites (N-methyl/N-ethyl adjacent to an activating group) is 1. The topological polar surface area (TPSA) is 7.68 Å². The van der Waals surface area contributed by atoms with Crippen molar-refractivity contribution in [2.75, 3.05) is 18.0 Å². The second-order valence-electron chi connectivity index (χ2n) is 6.12. The maximum atomic E-state index is 2.39. The lowest BCUT2D eigenvalue weighted by Crippen LogP contribution is -3.08. The number of benzene rings is 2. The van der Waals surface area contributed by atoms with Gasteiger partial charge in [0.15, 0.2) is 5.37 Å². The molecule has 0 saturated carbocycles. The van der Waals surface area contributed by atoms with Crippen LogP contribution in [0.2, 0.25) is 0 Å². The average Bonchev–Trinajstić information content (AvgIpc) is 3.18. The van der Waals surface area contributed by atoms with Gasteiger partial charge in [-0.2, -0.15) is 0 Å². The number of fused-ring (bicyclic) bond motifs is 2. The van der Waals surface area contributed by atoms with Gasteiger partial charge in [0.1, 0.15) is 5.69 Å². The number of para-hydroxylation sites is 2. The molecule has 4 rings (SSSR count). The van der Waals surface area contributed by atoms with Crippen molar-refractivity contribution in [3.63, 3.8) is 0 Å². The normalized spacial score (nSPS) is 22.5. The van der Waals surface area contributed by atoms with Gasteiger partial charge in [0.05, 0.1) is 22.2 Å². The van der Waals surface area contributed by atoms with Crippen molar-refractivity contribution >= 4 is 34.9 Å². The van der Waals surface area contributed by atoms with Gasteiger partial charge in [-0.1, -0.05) is 53.9 Å². The van der Waals surface area contributed by atoms with E-state index in [2.05, 4.69) is 85.5 Å². The highest BCUT2D eigenvalue weighted by molar-refractivity contribution is 8.03. The first-order valence-corrected chi connectivity index (χ1v) is 10.6. The minimum Gasteiger partial charge on any atom is -1.00 e. The summed E-state index contributed by atoms with van der Waals surface area (Å²) in [6, 6.07) is 17.4. The van der Waals surface area contributed by atoms with Gasteiger partial charge < -0.3 is 28.9 Å². The summed E-state index contributed by atoms with van der Waals surface area (Å²) in [5.41, 5.74) is 2.77. The molecule has 0 radical (unpaired) electrons. The minimum atomic E-state index is 0. The molecule has 2 nitrogen and oxygen atoms in total. The molecule has 0 aromatic heterocycles. The molecule has 136 valence electrons. The Balaban J connectivity index is 0.00000196. The fraction of sp³-hybridized carbons (Fsp3) is 0.238. The Morgan fingerprint density at radius 2 is 1.77 bits per heavy atom. The predicted octanol–water partition coefficient (Wildman–Crippen LogP) is 1.69. The lowest BCUT2D eigenvalue weighted by atomic mass is 10.3. The van der Waals surface area contributed by atoms with E-state index in [1.54, 1.807) is 4.90 Å². The number of hydrogen-bond donors (Lipinski definition) is 1. The van der Waals surface area contributed by atoms with E-state index in [0.717, 1.165) is 13.1 Å². The molecule has 0 bridgehead atoms. The number of halogens is 1. The van der Waals surface area contributed by atoms with E-state index in [1.807, 2.05) is 23.5 Å². The van der Waals surface area contributed by atoms with E-state index in [9.17, 15) is 0 Å². The summed E-state index contributed by atoms with van der Waals surface area (Å²) in [6.07, 6.45) is 6.87. The third-order valence-electron chi connectivity index (χ3n) is 4.69. The maximum absolute atomic E-state index is 2.39. The highest BCUT2D eigenvalue weighted by Crippen LogP contribution is 2.45. The second kappa shape index (κ2) is 8.87. The number of anilines is 1. The van der Waals surface area contributed by atoms with Gasteiger partial charge in [0.25, 0.3) is 0 Å². The Bertz CT molecular complexity index is 834. The molecule has 2 atom stereocenters. The molecule has 0 fully saturated rings. The van der Waals surface area contributed by atoms with E-state index in [1.165, 1.54) is 26.2 Å². The monoisotopic (exact) mass is 494 g/mol. The number of hydrogen-bond acceptors (Lipinski definition) is 3. The zero-order valence-electron chi connectivity index (χ0n) is 15.0. The number of rotatable bonds is 4. The van der Waals surface area contributed by atoms with Gasteiger partial charge in [0.2, 0.25) is 0 Å². The largest absolute Gasteiger partial charge is 1.00 e. The molecule has 2 aromatic carbocycles. The first-order valence-electron chi connectivity index (χ1n) is 8.86. The van der Waals surface area contributed by atoms with Gasteiger partial charge in [-0.25, -0.2) is 0 Å². The third-order valence-corrected chi connectivity index (χ3v) is 7.13. The van der Waals surface area contributed by atoms with Crippen molar-refractivity contribution in [1.82, 2.24) is 0 Å². The fourth-order valence-electron chi connectivity index (χ4n) is 3.48. The molecular weight excluding hydrogens is 471 g/mol. The van der Waals surface area contributed by atoms with Gasteiger partial charge in [-0.05, 0) is 44.2 Å². The number of thioether (sulfide) groups is 2. The van der Waals surface area contributed by atoms with Crippen molar-refractivity contribution in [2.45, 2.75) is 29.0 Å². The second-order valence-corrected chi connectivity index (χ2v) is 8.36. The molecule has 0 aliphatic carbocycles. The van der Waals surface area contributed by atoms with Crippen LogP contribution in [-0.4, -0.2) is 18.5 Å². The quantitative estimate of drug-likeness (QED) is 0.648. The molecule has 0 amide bonds. The van der Waals surface area contributed by atoms with Crippen LogP contribution in [0.4, 0.5) is 11.4 Å². The first kappa shape index (κ1) is 19.9. The number of quaternary nitrogens is 1. The molecule has 2 aromatic rings. The van der Waals surface area contributed by atoms with Gasteiger partial charge in [0, 0.05) is 17.5 Å². The number of nitrogens with zero attached hydrogens (tertiary/aromatic N) is 1. The van der Waals surface area contributed by atoms with E-state index in [0.29, 0.717) is 5.37 Å². The van der Waals surface area contributed by atoms with Crippen LogP contribution in [-0.2, 0) is 0 Å². The zero-order valence-corrected chi connectivity index (χ0v) is 18.8. The summed E-state index contributed by atoms with van der Waals surface area (Å²) >= 11 is 3.84. The average molecular weight is 494 g/mol. The lowest BCUT2D eigenvalue weighted by molar-refractivity contribution is -0.833. The summed E-state index contributed by atoms with van der Waals surface area (Å²) in [5, 5.41) is 1.78. The Morgan fingerprint density at radius 1 is 1.04 bits per heavy atom. The number of allylic oxidation sites excluding steroid dienone is 2. The first-order chi connectivity index (χ1) is 12.3. The zero-order chi connectivity index (χ0) is 17.2. The highest BCUT2D eigenvalue weighted by Gasteiger charge is 2.32. The van der Waals surface area contributed by atoms with Crippen LogP contribution in [0.5, 0.6) is 0 Å². The molecule has 2 heterocycles. The molecular formula is C21H23IN2S2. The van der Waals surface area contributed by atoms with Crippen LogP contribution in [0, 0.1) is 0 Å². The summed E-state index contributed by atoms with van der Waals surface area (Å²) < 4.78 is 0. The van der Waals surface area contributed by atoms with Crippen LogP contribution in [0.3, 0.4) is 0 Å². The van der Waals surface area contributed by atoms with Crippen LogP contribution < -0.4 is 33.8 Å². The Hall–Kier alpha value is -0.890. The Morgan fingerprint density at radius 3 is 2.54 bits per heavy atom. The van der Waals surface area contributed by atoms with Crippen molar-refractivity contribution in [2.24, 2.45) is 0 Å². The Labute approximate surface area is 181 Å². The Kier molecular flexibility index (Phi) is 6.77. The van der Waals surface area contributed by atoms with E-state index in [4.69, 9.17) is 0 Å².